The third-order valence-corrected chi connectivity index (χ3v) is 5.43. The first-order chi connectivity index (χ1) is 7.27. The Bertz CT molecular complexity index is 236. The van der Waals surface area contributed by atoms with Gasteiger partial charge in [0.1, 0.15) is 0 Å². The van der Waals surface area contributed by atoms with E-state index >= 15 is 0 Å². The van der Waals surface area contributed by atoms with Crippen molar-refractivity contribution in [1.82, 2.24) is 4.90 Å². The molecule has 5 heteroatoms. The van der Waals surface area contributed by atoms with Crippen LogP contribution in [0.25, 0.3) is 0 Å². The highest BCUT2D eigenvalue weighted by Gasteiger charge is 2.51. The Morgan fingerprint density at radius 1 is 1.33 bits per heavy atom. The summed E-state index contributed by atoms with van der Waals surface area (Å²) in [5, 5.41) is 0. The van der Waals surface area contributed by atoms with Crippen LogP contribution in [0, 0.1) is 5.41 Å². The average molecular weight is 247 g/mol. The quantitative estimate of drug-likeness (QED) is 0.559. The molecule has 0 atom stereocenters. The highest BCUT2D eigenvalue weighted by Crippen LogP contribution is 2.47. The molecule has 2 aliphatic rings. The fraction of sp³-hybridized carbons (Fsp3) is 0.900. The monoisotopic (exact) mass is 247 g/mol. The number of methoxy groups -OCH3 is 1. The molecule has 1 saturated heterocycles. The number of ether oxygens (including phenoxy) is 1. The largest absolute Gasteiger partial charge is 0.469 e. The summed E-state index contributed by atoms with van der Waals surface area (Å²) in [5.74, 6) is 2.33. The van der Waals surface area contributed by atoms with E-state index in [2.05, 4.69) is 4.90 Å². The lowest BCUT2D eigenvalue weighted by Crippen LogP contribution is -2.37. The van der Waals surface area contributed by atoms with Gasteiger partial charge in [0.05, 0.1) is 12.5 Å². The number of carbonyl (C=O) groups excluding carboxylic acids is 1. The minimum atomic E-state index is -0.144. The predicted octanol–water partition coefficient (Wildman–Crippen LogP) is 1.64. The van der Waals surface area contributed by atoms with Crippen molar-refractivity contribution in [3.63, 3.8) is 0 Å². The van der Waals surface area contributed by atoms with Gasteiger partial charge in [-0.2, -0.15) is 0 Å². The Morgan fingerprint density at radius 3 is 2.40 bits per heavy atom. The summed E-state index contributed by atoms with van der Waals surface area (Å²) in [6.07, 6.45) is 2.02. The van der Waals surface area contributed by atoms with E-state index in [0.29, 0.717) is 0 Å². The lowest BCUT2D eigenvalue weighted by atomic mass is 10.1. The minimum Gasteiger partial charge on any atom is -0.469 e. The van der Waals surface area contributed by atoms with Crippen molar-refractivity contribution in [2.24, 2.45) is 5.41 Å². The fourth-order valence-corrected chi connectivity index (χ4v) is 4.00. The average Bonchev–Trinajstić information content (AvgIpc) is 3.04. The predicted molar refractivity (Wildman–Crippen MR) is 65.0 cm³/mol. The van der Waals surface area contributed by atoms with Gasteiger partial charge in [-0.1, -0.05) is 21.6 Å². The Balaban J connectivity index is 1.87. The Kier molecular flexibility index (Phi) is 3.85. The SMILES string of the molecule is COC(=O)C1(CN2CCSSCC2)CC1. The second-order valence-corrected chi connectivity index (χ2v) is 6.89. The van der Waals surface area contributed by atoms with Gasteiger partial charge in [-0.3, -0.25) is 4.79 Å². The second kappa shape index (κ2) is 4.97. The molecule has 0 spiro atoms. The van der Waals surface area contributed by atoms with Crippen molar-refractivity contribution in [2.75, 3.05) is 38.2 Å². The molecule has 15 heavy (non-hydrogen) atoms. The molecule has 0 unspecified atom stereocenters. The molecular formula is C10H17NO2S2. The number of esters is 1. The van der Waals surface area contributed by atoms with E-state index in [1.807, 2.05) is 21.6 Å². The third kappa shape index (κ3) is 2.82. The zero-order chi connectivity index (χ0) is 10.7. The van der Waals surface area contributed by atoms with Crippen LogP contribution in [-0.2, 0) is 9.53 Å². The molecule has 0 radical (unpaired) electrons. The van der Waals surface area contributed by atoms with Gasteiger partial charge < -0.3 is 9.64 Å². The van der Waals surface area contributed by atoms with Crippen LogP contribution in [0.15, 0.2) is 0 Å². The van der Waals surface area contributed by atoms with Gasteiger partial charge in [0.2, 0.25) is 0 Å². The molecule has 0 aromatic heterocycles. The van der Waals surface area contributed by atoms with Gasteiger partial charge in [0.25, 0.3) is 0 Å². The lowest BCUT2D eigenvalue weighted by Gasteiger charge is -2.23. The fourth-order valence-electron chi connectivity index (χ4n) is 1.94. The van der Waals surface area contributed by atoms with Crippen molar-refractivity contribution < 1.29 is 9.53 Å². The van der Waals surface area contributed by atoms with Crippen molar-refractivity contribution in [2.45, 2.75) is 12.8 Å². The molecule has 0 amide bonds. The summed E-state index contributed by atoms with van der Waals surface area (Å²) in [5.41, 5.74) is -0.144. The van der Waals surface area contributed by atoms with E-state index in [1.165, 1.54) is 18.6 Å². The molecule has 0 N–H and O–H groups in total. The van der Waals surface area contributed by atoms with Gasteiger partial charge in [0.15, 0.2) is 0 Å². The Labute approximate surface area is 98.7 Å². The van der Waals surface area contributed by atoms with Gasteiger partial charge >= 0.3 is 5.97 Å². The summed E-state index contributed by atoms with van der Waals surface area (Å²) in [6, 6.07) is 0. The molecule has 1 aliphatic carbocycles. The molecule has 1 saturated carbocycles. The summed E-state index contributed by atoms with van der Waals surface area (Å²) in [4.78, 5) is 14.0. The first-order valence-electron chi connectivity index (χ1n) is 5.32. The van der Waals surface area contributed by atoms with Crippen LogP contribution in [0.2, 0.25) is 0 Å². The highest BCUT2D eigenvalue weighted by molar-refractivity contribution is 8.76. The standard InChI is InChI=1S/C10H17NO2S2/c1-13-9(12)10(2-3-10)8-11-4-6-14-15-7-5-11/h2-8H2,1H3. The molecule has 0 aromatic carbocycles. The maximum Gasteiger partial charge on any atom is 0.313 e. The van der Waals surface area contributed by atoms with Gasteiger partial charge in [0, 0.05) is 31.1 Å². The van der Waals surface area contributed by atoms with E-state index in [-0.39, 0.29) is 11.4 Å². The van der Waals surface area contributed by atoms with Crippen LogP contribution >= 0.6 is 21.6 Å². The van der Waals surface area contributed by atoms with E-state index in [1.54, 1.807) is 0 Å². The first kappa shape index (κ1) is 11.6. The van der Waals surface area contributed by atoms with E-state index < -0.39 is 0 Å². The topological polar surface area (TPSA) is 29.5 Å². The van der Waals surface area contributed by atoms with Crippen LogP contribution in [0.1, 0.15) is 12.8 Å². The maximum absolute atomic E-state index is 11.6. The number of carbonyl (C=O) groups is 1. The third-order valence-electron chi connectivity index (χ3n) is 3.06. The number of nitrogens with zero attached hydrogens (tertiary/aromatic N) is 1. The first-order valence-corrected chi connectivity index (χ1v) is 7.81. The van der Waals surface area contributed by atoms with E-state index in [9.17, 15) is 4.79 Å². The van der Waals surface area contributed by atoms with Gasteiger partial charge in [-0.15, -0.1) is 0 Å². The molecule has 0 aromatic rings. The summed E-state index contributed by atoms with van der Waals surface area (Å²) in [7, 11) is 5.37. The lowest BCUT2D eigenvalue weighted by molar-refractivity contribution is -0.147. The van der Waals surface area contributed by atoms with Crippen LogP contribution < -0.4 is 0 Å². The zero-order valence-electron chi connectivity index (χ0n) is 9.03. The van der Waals surface area contributed by atoms with Crippen LogP contribution in [0.4, 0.5) is 0 Å². The second-order valence-electron chi connectivity index (χ2n) is 4.19. The maximum atomic E-state index is 11.6. The highest BCUT2D eigenvalue weighted by atomic mass is 33.1. The summed E-state index contributed by atoms with van der Waals surface area (Å²) in [6.45, 7) is 3.12. The molecule has 86 valence electrons. The zero-order valence-corrected chi connectivity index (χ0v) is 10.7. The normalized spacial score (nSPS) is 25.7. The van der Waals surface area contributed by atoms with Crippen LogP contribution in [0.3, 0.4) is 0 Å². The summed E-state index contributed by atoms with van der Waals surface area (Å²) < 4.78 is 4.87. The van der Waals surface area contributed by atoms with Crippen LogP contribution in [-0.4, -0.2) is 49.1 Å². The van der Waals surface area contributed by atoms with E-state index in [0.717, 1.165) is 32.5 Å². The van der Waals surface area contributed by atoms with Crippen LogP contribution in [0.5, 0.6) is 0 Å². The van der Waals surface area contributed by atoms with E-state index in [4.69, 9.17) is 4.74 Å². The molecule has 1 aliphatic heterocycles. The molecular weight excluding hydrogens is 230 g/mol. The van der Waals surface area contributed by atoms with Crippen molar-refractivity contribution in [1.29, 1.82) is 0 Å². The minimum absolute atomic E-state index is 0.00736. The summed E-state index contributed by atoms with van der Waals surface area (Å²) >= 11 is 0. The number of rotatable bonds is 3. The van der Waals surface area contributed by atoms with Crippen molar-refractivity contribution in [3.8, 4) is 0 Å². The Morgan fingerprint density at radius 2 is 1.93 bits per heavy atom. The van der Waals surface area contributed by atoms with Gasteiger partial charge in [-0.05, 0) is 12.8 Å². The van der Waals surface area contributed by atoms with Gasteiger partial charge in [-0.25, -0.2) is 0 Å². The smallest absolute Gasteiger partial charge is 0.313 e. The van der Waals surface area contributed by atoms with Crippen molar-refractivity contribution in [3.05, 3.63) is 0 Å². The van der Waals surface area contributed by atoms with Crippen molar-refractivity contribution >= 4 is 27.6 Å². The molecule has 2 rings (SSSR count). The molecule has 3 nitrogen and oxygen atoms in total. The Hall–Kier alpha value is 0.130. The molecule has 0 bridgehead atoms. The number of hydrogen-bond acceptors (Lipinski definition) is 5. The molecule has 2 fully saturated rings. The molecule has 1 heterocycles. The number of hydrogen-bond donors (Lipinski definition) is 0.